The molecule has 1 N–H and O–H groups in total. The summed E-state index contributed by atoms with van der Waals surface area (Å²) in [5, 5.41) is 9.81. The molecule has 2 aliphatic rings. The van der Waals surface area contributed by atoms with E-state index < -0.39 is 0 Å². The number of methoxy groups -OCH3 is 1. The van der Waals surface area contributed by atoms with Crippen molar-refractivity contribution in [3.63, 3.8) is 0 Å². The van der Waals surface area contributed by atoms with Crippen LogP contribution in [0.15, 0.2) is 30.3 Å². The van der Waals surface area contributed by atoms with E-state index in [1.54, 1.807) is 7.11 Å². The van der Waals surface area contributed by atoms with E-state index >= 15 is 0 Å². The zero-order valence-electron chi connectivity index (χ0n) is 13.2. The van der Waals surface area contributed by atoms with Crippen molar-refractivity contribution in [2.75, 3.05) is 46.6 Å². The van der Waals surface area contributed by atoms with E-state index in [1.807, 2.05) is 12.1 Å². The van der Waals surface area contributed by atoms with Crippen LogP contribution in [0.4, 0.5) is 0 Å². The van der Waals surface area contributed by atoms with Crippen molar-refractivity contribution < 1.29 is 14.6 Å². The van der Waals surface area contributed by atoms with Crippen LogP contribution in [0.3, 0.4) is 0 Å². The summed E-state index contributed by atoms with van der Waals surface area (Å²) in [5.74, 6) is 1.35. The normalized spacial score (nSPS) is 28.9. The minimum atomic E-state index is 0.0617. The van der Waals surface area contributed by atoms with Crippen LogP contribution in [0.1, 0.15) is 12.0 Å². The van der Waals surface area contributed by atoms with Gasteiger partial charge in [0.05, 0.1) is 20.3 Å². The number of benzene rings is 1. The molecule has 2 saturated heterocycles. The molecule has 0 spiro atoms. The van der Waals surface area contributed by atoms with Crippen molar-refractivity contribution in [2.45, 2.75) is 6.42 Å². The number of likely N-dealkylation sites (tertiary alicyclic amines) is 1. The molecule has 120 valence electrons. The Balaban J connectivity index is 1.56. The highest BCUT2D eigenvalue weighted by molar-refractivity contribution is 5.50. The van der Waals surface area contributed by atoms with Gasteiger partial charge in [0.25, 0.3) is 0 Å². The average Bonchev–Trinajstić information content (AvgIpc) is 2.94. The molecular formula is C18H25NO3. The van der Waals surface area contributed by atoms with Gasteiger partial charge in [0.2, 0.25) is 0 Å². The van der Waals surface area contributed by atoms with Gasteiger partial charge in [0.1, 0.15) is 5.75 Å². The summed E-state index contributed by atoms with van der Waals surface area (Å²) in [4.78, 5) is 2.43. The summed E-state index contributed by atoms with van der Waals surface area (Å²) in [6.45, 7) is 4.77. The molecule has 2 fully saturated rings. The fourth-order valence-corrected chi connectivity index (χ4v) is 3.61. The molecule has 3 rings (SSSR count). The quantitative estimate of drug-likeness (QED) is 0.904. The van der Waals surface area contributed by atoms with Crippen LogP contribution < -0.4 is 4.74 Å². The molecule has 0 unspecified atom stereocenters. The second-order valence-corrected chi connectivity index (χ2v) is 6.41. The van der Waals surface area contributed by atoms with E-state index in [-0.39, 0.29) is 12.0 Å². The number of aliphatic hydroxyl groups is 1. The fraction of sp³-hybridized carbons (Fsp3) is 0.556. The van der Waals surface area contributed by atoms with Crippen LogP contribution in [0.2, 0.25) is 0 Å². The maximum Gasteiger partial charge on any atom is 0.118 e. The van der Waals surface area contributed by atoms with Gasteiger partial charge in [0.15, 0.2) is 0 Å². The lowest BCUT2D eigenvalue weighted by molar-refractivity contribution is -0.0416. The summed E-state index contributed by atoms with van der Waals surface area (Å²) in [5.41, 5.74) is 1.24. The molecule has 1 aromatic rings. The van der Waals surface area contributed by atoms with E-state index in [0.29, 0.717) is 5.92 Å². The monoisotopic (exact) mass is 303 g/mol. The zero-order valence-corrected chi connectivity index (χ0v) is 13.2. The van der Waals surface area contributed by atoms with Crippen LogP contribution in [-0.2, 0) is 4.74 Å². The Bertz CT molecular complexity index is 514. The van der Waals surface area contributed by atoms with Gasteiger partial charge in [-0.1, -0.05) is 24.3 Å². The minimum absolute atomic E-state index is 0.0617. The largest absolute Gasteiger partial charge is 0.497 e. The highest BCUT2D eigenvalue weighted by atomic mass is 16.5. The van der Waals surface area contributed by atoms with Crippen molar-refractivity contribution in [3.05, 3.63) is 35.9 Å². The van der Waals surface area contributed by atoms with Crippen molar-refractivity contribution >= 4 is 6.08 Å². The Kier molecular flexibility index (Phi) is 4.81. The molecule has 2 atom stereocenters. The molecule has 0 radical (unpaired) electrons. The van der Waals surface area contributed by atoms with Crippen LogP contribution in [0.25, 0.3) is 6.08 Å². The van der Waals surface area contributed by atoms with Gasteiger partial charge in [-0.05, 0) is 24.1 Å². The number of hydrogen-bond donors (Lipinski definition) is 1. The lowest BCUT2D eigenvalue weighted by atomic mass is 9.75. The van der Waals surface area contributed by atoms with Crippen LogP contribution in [0.5, 0.6) is 5.75 Å². The molecule has 0 saturated carbocycles. The molecule has 0 aromatic heterocycles. The number of aliphatic hydroxyl groups excluding tert-OH is 1. The number of nitrogens with zero attached hydrogens (tertiary/aromatic N) is 1. The topological polar surface area (TPSA) is 41.9 Å². The Morgan fingerprint density at radius 3 is 2.91 bits per heavy atom. The van der Waals surface area contributed by atoms with E-state index in [2.05, 4.69) is 29.2 Å². The van der Waals surface area contributed by atoms with Crippen molar-refractivity contribution in [3.8, 4) is 5.75 Å². The molecule has 0 amide bonds. The molecule has 2 heterocycles. The highest BCUT2D eigenvalue weighted by Crippen LogP contribution is 2.41. The van der Waals surface area contributed by atoms with Gasteiger partial charge in [-0.25, -0.2) is 0 Å². The Morgan fingerprint density at radius 2 is 2.23 bits per heavy atom. The lowest BCUT2D eigenvalue weighted by Gasteiger charge is -2.36. The average molecular weight is 303 g/mol. The first-order chi connectivity index (χ1) is 10.8. The Morgan fingerprint density at radius 1 is 1.41 bits per heavy atom. The van der Waals surface area contributed by atoms with Gasteiger partial charge in [-0.15, -0.1) is 0 Å². The summed E-state index contributed by atoms with van der Waals surface area (Å²) >= 11 is 0. The van der Waals surface area contributed by atoms with E-state index in [1.165, 1.54) is 5.56 Å². The van der Waals surface area contributed by atoms with Gasteiger partial charge >= 0.3 is 0 Å². The van der Waals surface area contributed by atoms with Crippen molar-refractivity contribution in [1.29, 1.82) is 0 Å². The van der Waals surface area contributed by atoms with Crippen molar-refractivity contribution in [2.24, 2.45) is 11.3 Å². The third kappa shape index (κ3) is 3.19. The second kappa shape index (κ2) is 6.82. The third-order valence-corrected chi connectivity index (χ3v) is 5.05. The minimum Gasteiger partial charge on any atom is -0.497 e. The molecule has 0 aliphatic carbocycles. The fourth-order valence-electron chi connectivity index (χ4n) is 3.61. The van der Waals surface area contributed by atoms with E-state index in [9.17, 15) is 5.11 Å². The molecule has 4 heteroatoms. The summed E-state index contributed by atoms with van der Waals surface area (Å²) in [6.07, 6.45) is 5.32. The Hall–Kier alpha value is -1.36. The van der Waals surface area contributed by atoms with Gasteiger partial charge < -0.3 is 14.6 Å². The summed E-state index contributed by atoms with van der Waals surface area (Å²) in [7, 11) is 1.68. The maximum atomic E-state index is 9.81. The first-order valence-electron chi connectivity index (χ1n) is 7.97. The molecule has 4 nitrogen and oxygen atoms in total. The first kappa shape index (κ1) is 15.5. The van der Waals surface area contributed by atoms with Crippen LogP contribution >= 0.6 is 0 Å². The van der Waals surface area contributed by atoms with E-state index in [4.69, 9.17) is 9.47 Å². The number of rotatable bonds is 5. The third-order valence-electron chi connectivity index (χ3n) is 5.05. The van der Waals surface area contributed by atoms with Crippen molar-refractivity contribution in [1.82, 2.24) is 4.90 Å². The maximum absolute atomic E-state index is 9.81. The lowest BCUT2D eigenvalue weighted by Crippen LogP contribution is -2.41. The predicted molar refractivity (Wildman–Crippen MR) is 86.9 cm³/mol. The summed E-state index contributed by atoms with van der Waals surface area (Å²) < 4.78 is 10.8. The predicted octanol–water partition coefficient (Wildman–Crippen LogP) is 2.04. The van der Waals surface area contributed by atoms with Gasteiger partial charge in [-0.2, -0.15) is 0 Å². The molecular weight excluding hydrogens is 278 g/mol. The number of fused-ring (bicyclic) bond motifs is 1. The standard InChI is InChI=1S/C18H25NO3/c1-21-17-6-4-15(5-7-17)3-2-9-19-11-16-12-22-10-8-18(16,13-19)14-20/h2-7,16,20H,8-14H2,1H3/b3-2+/t16-,18-/m1/s1. The van der Waals surface area contributed by atoms with Crippen LogP contribution in [-0.4, -0.2) is 56.6 Å². The van der Waals surface area contributed by atoms with Gasteiger partial charge in [0, 0.05) is 37.6 Å². The first-order valence-corrected chi connectivity index (χ1v) is 7.97. The zero-order chi connectivity index (χ0) is 15.4. The van der Waals surface area contributed by atoms with E-state index in [0.717, 1.165) is 45.0 Å². The number of ether oxygens (including phenoxy) is 2. The molecule has 0 bridgehead atoms. The number of hydrogen-bond acceptors (Lipinski definition) is 4. The molecule has 22 heavy (non-hydrogen) atoms. The van der Waals surface area contributed by atoms with Gasteiger partial charge in [-0.3, -0.25) is 4.90 Å². The highest BCUT2D eigenvalue weighted by Gasteiger charge is 2.47. The second-order valence-electron chi connectivity index (χ2n) is 6.41. The molecule has 2 aliphatic heterocycles. The SMILES string of the molecule is COc1ccc(/C=C/CN2C[C@@H]3COCC[C@]3(CO)C2)cc1. The molecule has 1 aromatic carbocycles. The Labute approximate surface area is 132 Å². The smallest absolute Gasteiger partial charge is 0.118 e. The van der Waals surface area contributed by atoms with Crippen LogP contribution in [0, 0.1) is 11.3 Å². The summed E-state index contributed by atoms with van der Waals surface area (Å²) in [6, 6.07) is 8.06.